The fraction of sp³-hybridized carbons (Fsp3) is 0.136. The number of benzene rings is 2. The number of anilines is 2. The molecule has 0 fully saturated rings. The van der Waals surface area contributed by atoms with Crippen molar-refractivity contribution in [3.05, 3.63) is 71.6 Å². The minimum Gasteiger partial charge on any atom is -0.456 e. The Hall–Kier alpha value is -3.59. The van der Waals surface area contributed by atoms with Crippen LogP contribution in [-0.2, 0) is 12.7 Å². The topological polar surface area (TPSA) is 75.8 Å². The van der Waals surface area contributed by atoms with Crippen LogP contribution in [0.5, 0.6) is 11.5 Å². The van der Waals surface area contributed by atoms with E-state index >= 15 is 0 Å². The second-order valence-electron chi connectivity index (χ2n) is 6.86. The third-order valence-electron chi connectivity index (χ3n) is 4.65. The van der Waals surface area contributed by atoms with Gasteiger partial charge in [-0.15, -0.1) is 0 Å². The van der Waals surface area contributed by atoms with Crippen molar-refractivity contribution in [2.24, 2.45) is 0 Å². The SMILES string of the molecule is N=CCCn1ccc2ncnc(Nc3ccc(Oc4cccc(C(F)(F)F)c4)c(Cl)c3)c21. The molecule has 164 valence electrons. The highest BCUT2D eigenvalue weighted by Crippen LogP contribution is 2.36. The Balaban J connectivity index is 1.57. The zero-order valence-corrected chi connectivity index (χ0v) is 17.3. The summed E-state index contributed by atoms with van der Waals surface area (Å²) in [7, 11) is 0. The van der Waals surface area contributed by atoms with E-state index in [-0.39, 0.29) is 16.5 Å². The molecule has 2 N–H and O–H groups in total. The zero-order valence-electron chi connectivity index (χ0n) is 16.5. The second kappa shape index (κ2) is 8.88. The number of hydrogen-bond donors (Lipinski definition) is 2. The lowest BCUT2D eigenvalue weighted by molar-refractivity contribution is -0.137. The molecule has 32 heavy (non-hydrogen) atoms. The summed E-state index contributed by atoms with van der Waals surface area (Å²) < 4.78 is 46.3. The van der Waals surface area contributed by atoms with Crippen molar-refractivity contribution in [1.29, 1.82) is 5.41 Å². The van der Waals surface area contributed by atoms with Gasteiger partial charge in [0.25, 0.3) is 0 Å². The minimum atomic E-state index is -4.46. The minimum absolute atomic E-state index is 0.0315. The standard InChI is InChI=1S/C22H17ClF3N5O/c23-17-12-15(5-6-19(17)32-16-4-1-3-14(11-16)22(24,25)26)30-21-20-18(28-13-29-21)7-10-31(20)9-2-8-27/h1,3-8,10-13,27H,2,9H2,(H,28,29,30). The molecule has 0 bridgehead atoms. The van der Waals surface area contributed by atoms with Gasteiger partial charge >= 0.3 is 6.18 Å². The van der Waals surface area contributed by atoms with E-state index in [0.717, 1.165) is 23.2 Å². The maximum Gasteiger partial charge on any atom is 0.416 e. The molecule has 0 saturated heterocycles. The van der Waals surface area contributed by atoms with Gasteiger partial charge in [0, 0.05) is 18.4 Å². The van der Waals surface area contributed by atoms with E-state index in [9.17, 15) is 13.2 Å². The van der Waals surface area contributed by atoms with Crippen molar-refractivity contribution in [2.45, 2.75) is 19.1 Å². The van der Waals surface area contributed by atoms with Crippen molar-refractivity contribution in [3.8, 4) is 11.5 Å². The first kappa shape index (κ1) is 21.6. The van der Waals surface area contributed by atoms with Gasteiger partial charge in [-0.2, -0.15) is 13.2 Å². The highest BCUT2D eigenvalue weighted by atomic mass is 35.5. The monoisotopic (exact) mass is 459 g/mol. The molecule has 0 aliphatic heterocycles. The number of nitrogens with one attached hydrogen (secondary N) is 2. The van der Waals surface area contributed by atoms with Crippen molar-refractivity contribution >= 4 is 40.4 Å². The Morgan fingerprint density at radius 1 is 1.12 bits per heavy atom. The number of halogens is 4. The van der Waals surface area contributed by atoms with Gasteiger partial charge in [-0.25, -0.2) is 9.97 Å². The van der Waals surface area contributed by atoms with Crippen molar-refractivity contribution in [1.82, 2.24) is 14.5 Å². The van der Waals surface area contributed by atoms with E-state index < -0.39 is 11.7 Å². The molecule has 4 rings (SSSR count). The van der Waals surface area contributed by atoms with Crippen LogP contribution in [0.1, 0.15) is 12.0 Å². The Labute approximate surface area is 186 Å². The van der Waals surface area contributed by atoms with Crippen LogP contribution in [0.2, 0.25) is 5.02 Å². The Morgan fingerprint density at radius 3 is 2.72 bits per heavy atom. The fourth-order valence-corrected chi connectivity index (χ4v) is 3.39. The molecule has 2 heterocycles. The van der Waals surface area contributed by atoms with E-state index in [1.807, 2.05) is 16.8 Å². The van der Waals surface area contributed by atoms with Gasteiger partial charge in [0.2, 0.25) is 0 Å². The van der Waals surface area contributed by atoms with Crippen molar-refractivity contribution < 1.29 is 17.9 Å². The van der Waals surface area contributed by atoms with E-state index in [1.165, 1.54) is 24.7 Å². The quantitative estimate of drug-likeness (QED) is 0.302. The molecule has 0 aliphatic carbocycles. The van der Waals surface area contributed by atoms with Gasteiger partial charge in [-0.05, 0) is 55.1 Å². The first-order chi connectivity index (χ1) is 15.3. The number of hydrogen-bond acceptors (Lipinski definition) is 5. The first-order valence-electron chi connectivity index (χ1n) is 9.55. The molecule has 0 atom stereocenters. The van der Waals surface area contributed by atoms with Gasteiger partial charge in [0.1, 0.15) is 23.3 Å². The summed E-state index contributed by atoms with van der Waals surface area (Å²) in [5, 5.41) is 10.7. The molecular weight excluding hydrogens is 443 g/mol. The van der Waals surface area contributed by atoms with Crippen LogP contribution in [0.3, 0.4) is 0 Å². The maximum absolute atomic E-state index is 12.9. The number of ether oxygens (including phenoxy) is 1. The summed E-state index contributed by atoms with van der Waals surface area (Å²) in [6.07, 6.45) is 0.776. The molecular formula is C22H17ClF3N5O. The molecule has 4 aromatic rings. The Bertz CT molecular complexity index is 1270. The largest absolute Gasteiger partial charge is 0.456 e. The summed E-state index contributed by atoms with van der Waals surface area (Å²) >= 11 is 6.32. The highest BCUT2D eigenvalue weighted by molar-refractivity contribution is 6.32. The van der Waals surface area contributed by atoms with Gasteiger partial charge in [0.05, 0.1) is 16.1 Å². The predicted octanol–water partition coefficient (Wildman–Crippen LogP) is 6.68. The molecule has 10 heteroatoms. The van der Waals surface area contributed by atoms with Gasteiger partial charge in [0.15, 0.2) is 5.82 Å². The Morgan fingerprint density at radius 2 is 1.97 bits per heavy atom. The number of rotatable bonds is 7. The van der Waals surface area contributed by atoms with Crippen LogP contribution in [0, 0.1) is 5.41 Å². The molecule has 0 saturated carbocycles. The van der Waals surface area contributed by atoms with Crippen LogP contribution in [0.15, 0.2) is 61.1 Å². The van der Waals surface area contributed by atoms with Crippen molar-refractivity contribution in [3.63, 3.8) is 0 Å². The van der Waals surface area contributed by atoms with Crippen LogP contribution >= 0.6 is 11.6 Å². The maximum atomic E-state index is 12.9. The summed E-state index contributed by atoms with van der Waals surface area (Å²) in [5.41, 5.74) is 1.35. The molecule has 0 amide bonds. The average Bonchev–Trinajstić information content (AvgIpc) is 3.18. The van der Waals surface area contributed by atoms with E-state index in [2.05, 4.69) is 15.3 Å². The fourth-order valence-electron chi connectivity index (χ4n) is 3.18. The first-order valence-corrected chi connectivity index (χ1v) is 9.93. The van der Waals surface area contributed by atoms with E-state index in [1.54, 1.807) is 18.2 Å². The number of aryl methyl sites for hydroxylation is 1. The highest BCUT2D eigenvalue weighted by Gasteiger charge is 2.30. The van der Waals surface area contributed by atoms with Crippen LogP contribution in [0.4, 0.5) is 24.7 Å². The summed E-state index contributed by atoms with van der Waals surface area (Å²) in [6, 6.07) is 11.3. The second-order valence-corrected chi connectivity index (χ2v) is 7.26. The van der Waals surface area contributed by atoms with Gasteiger partial charge < -0.3 is 20.0 Å². The molecule has 6 nitrogen and oxygen atoms in total. The lowest BCUT2D eigenvalue weighted by Gasteiger charge is -2.13. The summed E-state index contributed by atoms with van der Waals surface area (Å²) in [6.45, 7) is 0.611. The van der Waals surface area contributed by atoms with Gasteiger partial charge in [-0.1, -0.05) is 17.7 Å². The lowest BCUT2D eigenvalue weighted by atomic mass is 10.2. The lowest BCUT2D eigenvalue weighted by Crippen LogP contribution is -2.04. The average molecular weight is 460 g/mol. The molecule has 0 radical (unpaired) electrons. The molecule has 0 spiro atoms. The summed E-state index contributed by atoms with van der Waals surface area (Å²) in [5.74, 6) is 0.815. The van der Waals surface area contributed by atoms with E-state index in [4.69, 9.17) is 21.7 Å². The predicted molar refractivity (Wildman–Crippen MR) is 117 cm³/mol. The van der Waals surface area contributed by atoms with E-state index in [0.29, 0.717) is 24.5 Å². The van der Waals surface area contributed by atoms with Crippen LogP contribution in [0.25, 0.3) is 11.0 Å². The van der Waals surface area contributed by atoms with Crippen LogP contribution < -0.4 is 10.1 Å². The molecule has 2 aromatic carbocycles. The normalized spacial score (nSPS) is 11.5. The third-order valence-corrected chi connectivity index (χ3v) is 4.94. The zero-order chi connectivity index (χ0) is 22.7. The molecule has 0 aliphatic rings. The molecule has 0 unspecified atom stereocenters. The number of aromatic nitrogens is 3. The van der Waals surface area contributed by atoms with Gasteiger partial charge in [-0.3, -0.25) is 0 Å². The number of fused-ring (bicyclic) bond motifs is 1. The third kappa shape index (κ3) is 4.67. The molecule has 2 aromatic heterocycles. The van der Waals surface area contributed by atoms with Crippen LogP contribution in [-0.4, -0.2) is 20.7 Å². The Kier molecular flexibility index (Phi) is 6.00. The number of nitrogens with zero attached hydrogens (tertiary/aromatic N) is 3. The summed E-state index contributed by atoms with van der Waals surface area (Å²) in [4.78, 5) is 8.57. The van der Waals surface area contributed by atoms with Crippen molar-refractivity contribution in [2.75, 3.05) is 5.32 Å². The number of alkyl halides is 3. The smallest absolute Gasteiger partial charge is 0.416 e.